The van der Waals surface area contributed by atoms with E-state index in [1.54, 1.807) is 0 Å². The van der Waals surface area contributed by atoms with Crippen molar-refractivity contribution in [3.8, 4) is 5.75 Å². The van der Waals surface area contributed by atoms with E-state index in [2.05, 4.69) is 0 Å². The van der Waals surface area contributed by atoms with Crippen LogP contribution in [0.2, 0.25) is 0 Å². The van der Waals surface area contributed by atoms with Crippen LogP contribution in [0.3, 0.4) is 0 Å². The molecule has 0 bridgehead atoms. The van der Waals surface area contributed by atoms with Gasteiger partial charge >= 0.3 is 0 Å². The lowest BCUT2D eigenvalue weighted by molar-refractivity contribution is 0.0766. The van der Waals surface area contributed by atoms with Crippen LogP contribution in [0.4, 0.5) is 0 Å². The average Bonchev–Trinajstić information content (AvgIpc) is 2.95. The summed E-state index contributed by atoms with van der Waals surface area (Å²) in [7, 11) is 0. The lowest BCUT2D eigenvalue weighted by Gasteiger charge is -2.14. The molecule has 0 aliphatic rings. The van der Waals surface area contributed by atoms with Crippen LogP contribution in [0.5, 0.6) is 5.75 Å². The zero-order valence-electron chi connectivity index (χ0n) is 13.1. The summed E-state index contributed by atoms with van der Waals surface area (Å²) in [5, 5.41) is 11.0. The molecule has 1 atom stereocenters. The molecular formula is C19H20O3. The number of aryl methyl sites for hydroxylation is 2. The van der Waals surface area contributed by atoms with Crippen LogP contribution in [-0.4, -0.2) is 11.7 Å². The van der Waals surface area contributed by atoms with Crippen molar-refractivity contribution in [3.05, 3.63) is 64.9 Å². The zero-order chi connectivity index (χ0) is 15.7. The second kappa shape index (κ2) is 5.85. The van der Waals surface area contributed by atoms with Gasteiger partial charge in [0.2, 0.25) is 0 Å². The number of phenols is 1. The van der Waals surface area contributed by atoms with E-state index in [1.807, 2.05) is 63.2 Å². The van der Waals surface area contributed by atoms with Gasteiger partial charge in [0.25, 0.3) is 0 Å². The number of ether oxygens (including phenoxy) is 1. The summed E-state index contributed by atoms with van der Waals surface area (Å²) >= 11 is 0. The summed E-state index contributed by atoms with van der Waals surface area (Å²) in [6, 6.07) is 13.9. The number of hydrogen-bond donors (Lipinski definition) is 1. The van der Waals surface area contributed by atoms with E-state index >= 15 is 0 Å². The second-order valence-corrected chi connectivity index (χ2v) is 5.47. The summed E-state index contributed by atoms with van der Waals surface area (Å²) in [6.45, 7) is 6.35. The first kappa shape index (κ1) is 14.7. The summed E-state index contributed by atoms with van der Waals surface area (Å²) in [4.78, 5) is 0. The topological polar surface area (TPSA) is 42.6 Å². The molecule has 1 heterocycles. The van der Waals surface area contributed by atoms with E-state index in [0.717, 1.165) is 33.4 Å². The third kappa shape index (κ3) is 2.48. The summed E-state index contributed by atoms with van der Waals surface area (Å²) in [6.07, 6.45) is -0.236. The third-order valence-corrected chi connectivity index (χ3v) is 3.95. The van der Waals surface area contributed by atoms with Crippen LogP contribution in [0, 0.1) is 13.8 Å². The Bertz CT molecular complexity index is 787. The second-order valence-electron chi connectivity index (χ2n) is 5.47. The molecule has 3 heteroatoms. The van der Waals surface area contributed by atoms with Gasteiger partial charge in [-0.25, -0.2) is 0 Å². The van der Waals surface area contributed by atoms with E-state index in [-0.39, 0.29) is 6.10 Å². The minimum Gasteiger partial charge on any atom is -0.507 e. The first-order chi connectivity index (χ1) is 10.6. The Morgan fingerprint density at radius 3 is 2.55 bits per heavy atom. The Labute approximate surface area is 130 Å². The predicted octanol–water partition coefficient (Wildman–Crippen LogP) is 4.88. The van der Waals surface area contributed by atoms with Crippen molar-refractivity contribution >= 4 is 11.0 Å². The molecule has 3 nitrogen and oxygen atoms in total. The van der Waals surface area contributed by atoms with Crippen molar-refractivity contribution in [2.24, 2.45) is 0 Å². The molecule has 22 heavy (non-hydrogen) atoms. The number of rotatable bonds is 4. The molecule has 0 saturated heterocycles. The van der Waals surface area contributed by atoms with Crippen LogP contribution >= 0.6 is 0 Å². The first-order valence-electron chi connectivity index (χ1n) is 7.51. The highest BCUT2D eigenvalue weighted by molar-refractivity contribution is 5.85. The van der Waals surface area contributed by atoms with Crippen LogP contribution in [0.25, 0.3) is 11.0 Å². The molecule has 114 valence electrons. The van der Waals surface area contributed by atoms with Crippen molar-refractivity contribution in [1.29, 1.82) is 0 Å². The van der Waals surface area contributed by atoms with Gasteiger partial charge in [-0.2, -0.15) is 0 Å². The number of phenolic OH excluding ortho intramolecular Hbond substituents is 1. The highest BCUT2D eigenvalue weighted by atomic mass is 16.5. The molecule has 1 aromatic heterocycles. The molecule has 0 fully saturated rings. The molecule has 3 rings (SSSR count). The highest BCUT2D eigenvalue weighted by Crippen LogP contribution is 2.36. The molecule has 1 N–H and O–H groups in total. The molecule has 0 saturated carbocycles. The maximum absolute atomic E-state index is 10.1. The van der Waals surface area contributed by atoms with Gasteiger partial charge < -0.3 is 14.3 Å². The largest absolute Gasteiger partial charge is 0.507 e. The molecule has 0 aliphatic heterocycles. The highest BCUT2D eigenvalue weighted by Gasteiger charge is 2.20. The summed E-state index contributed by atoms with van der Waals surface area (Å²) in [5.74, 6) is 1.09. The van der Waals surface area contributed by atoms with Crippen molar-refractivity contribution in [2.75, 3.05) is 6.61 Å². The monoisotopic (exact) mass is 296 g/mol. The number of hydrogen-bond acceptors (Lipinski definition) is 3. The Morgan fingerprint density at radius 1 is 1.14 bits per heavy atom. The van der Waals surface area contributed by atoms with Gasteiger partial charge in [0.1, 0.15) is 23.2 Å². The molecule has 0 spiro atoms. The van der Waals surface area contributed by atoms with E-state index in [9.17, 15) is 5.11 Å². The van der Waals surface area contributed by atoms with Crippen molar-refractivity contribution in [1.82, 2.24) is 0 Å². The normalized spacial score (nSPS) is 12.7. The quantitative estimate of drug-likeness (QED) is 0.746. The van der Waals surface area contributed by atoms with Crippen LogP contribution < -0.4 is 0 Å². The van der Waals surface area contributed by atoms with Gasteiger partial charge in [0.05, 0.1) is 0 Å². The van der Waals surface area contributed by atoms with Gasteiger partial charge in [-0.1, -0.05) is 30.3 Å². The van der Waals surface area contributed by atoms with Crippen molar-refractivity contribution in [3.63, 3.8) is 0 Å². The Hall–Kier alpha value is -2.26. The maximum atomic E-state index is 10.1. The van der Waals surface area contributed by atoms with Crippen LogP contribution in [0.15, 0.2) is 46.9 Å². The Morgan fingerprint density at radius 2 is 1.86 bits per heavy atom. The molecule has 1 unspecified atom stereocenters. The number of furan rings is 1. The van der Waals surface area contributed by atoms with Crippen LogP contribution in [-0.2, 0) is 4.74 Å². The predicted molar refractivity (Wildman–Crippen MR) is 87.3 cm³/mol. The average molecular weight is 296 g/mol. The smallest absolute Gasteiger partial charge is 0.140 e. The lowest BCUT2D eigenvalue weighted by Crippen LogP contribution is -2.04. The minimum atomic E-state index is -0.236. The summed E-state index contributed by atoms with van der Waals surface area (Å²) in [5.41, 5.74) is 3.50. The Balaban J connectivity index is 2.13. The van der Waals surface area contributed by atoms with Gasteiger partial charge in [-0.15, -0.1) is 0 Å². The Kier molecular flexibility index (Phi) is 3.90. The van der Waals surface area contributed by atoms with Crippen molar-refractivity contribution in [2.45, 2.75) is 26.9 Å². The number of aromatic hydroxyl groups is 1. The lowest BCUT2D eigenvalue weighted by atomic mass is 10.0. The SMILES string of the molecule is CCOC(c1ccccc1)c1cc2c(C)c(O)c(C)cc2o1. The number of fused-ring (bicyclic) bond motifs is 1. The van der Waals surface area contributed by atoms with E-state index in [4.69, 9.17) is 9.15 Å². The molecule has 2 aromatic carbocycles. The van der Waals surface area contributed by atoms with E-state index < -0.39 is 0 Å². The molecule has 0 radical (unpaired) electrons. The molecular weight excluding hydrogens is 276 g/mol. The minimum absolute atomic E-state index is 0.236. The van der Waals surface area contributed by atoms with Crippen LogP contribution in [0.1, 0.15) is 35.5 Å². The molecule has 0 amide bonds. The summed E-state index contributed by atoms with van der Waals surface area (Å²) < 4.78 is 11.9. The van der Waals surface area contributed by atoms with Crippen molar-refractivity contribution < 1.29 is 14.3 Å². The zero-order valence-corrected chi connectivity index (χ0v) is 13.1. The van der Waals surface area contributed by atoms with Gasteiger partial charge in [0, 0.05) is 17.6 Å². The molecule has 0 aliphatic carbocycles. The fraction of sp³-hybridized carbons (Fsp3) is 0.263. The van der Waals surface area contributed by atoms with E-state index in [0.29, 0.717) is 12.4 Å². The standard InChI is InChI=1S/C19H20O3/c1-4-21-19(14-8-6-5-7-9-14)17-11-15-13(3)18(20)12(2)10-16(15)22-17/h5-11,19-20H,4H2,1-3H3. The third-order valence-electron chi connectivity index (χ3n) is 3.95. The van der Waals surface area contributed by atoms with E-state index in [1.165, 1.54) is 0 Å². The van der Waals surface area contributed by atoms with Gasteiger partial charge in [-0.3, -0.25) is 0 Å². The van der Waals surface area contributed by atoms with Gasteiger partial charge in [-0.05, 0) is 44.0 Å². The fourth-order valence-corrected chi connectivity index (χ4v) is 2.78. The fourth-order valence-electron chi connectivity index (χ4n) is 2.78. The number of benzene rings is 2. The maximum Gasteiger partial charge on any atom is 0.140 e. The molecule has 3 aromatic rings. The van der Waals surface area contributed by atoms with Gasteiger partial charge in [0.15, 0.2) is 0 Å². The first-order valence-corrected chi connectivity index (χ1v) is 7.51.